The van der Waals surface area contributed by atoms with Crippen LogP contribution in [0.5, 0.6) is 0 Å². The molecule has 0 saturated carbocycles. The molecule has 0 fully saturated rings. The third-order valence-corrected chi connectivity index (χ3v) is 10.1. The molecule has 4 aromatic carbocycles. The minimum Gasteiger partial charge on any atom is -0.352 e. The lowest BCUT2D eigenvalue weighted by Gasteiger charge is -2.12. The lowest BCUT2D eigenvalue weighted by molar-refractivity contribution is 0.0946. The van der Waals surface area contributed by atoms with Crippen LogP contribution in [0.1, 0.15) is 44.7 Å². The van der Waals surface area contributed by atoms with Gasteiger partial charge in [0.2, 0.25) is 0 Å². The van der Waals surface area contributed by atoms with Crippen LogP contribution in [0.25, 0.3) is 21.8 Å². The van der Waals surface area contributed by atoms with E-state index in [4.69, 9.17) is 0 Å². The van der Waals surface area contributed by atoms with E-state index in [0.717, 1.165) is 57.3 Å². The average Bonchev–Trinajstić information content (AvgIpc) is 3.11. The van der Waals surface area contributed by atoms with E-state index in [1.165, 1.54) is 11.1 Å². The van der Waals surface area contributed by atoms with Gasteiger partial charge in [-0.2, -0.15) is 0 Å². The zero-order valence-electron chi connectivity index (χ0n) is 25.3. The van der Waals surface area contributed by atoms with E-state index in [1.54, 1.807) is 34.0 Å². The van der Waals surface area contributed by atoms with E-state index in [9.17, 15) is 9.59 Å². The molecule has 46 heavy (non-hydrogen) atoms. The van der Waals surface area contributed by atoms with Gasteiger partial charge in [0.15, 0.2) is 0 Å². The van der Waals surface area contributed by atoms with Gasteiger partial charge in [0.25, 0.3) is 11.8 Å². The second-order valence-electron chi connectivity index (χ2n) is 10.9. The molecule has 6 nitrogen and oxygen atoms in total. The van der Waals surface area contributed by atoms with E-state index in [1.807, 2.05) is 84.9 Å². The largest absolute Gasteiger partial charge is 0.352 e. The van der Waals surface area contributed by atoms with Crippen LogP contribution in [-0.4, -0.2) is 34.9 Å². The number of hydrogen-bond acceptors (Lipinski definition) is 6. The van der Waals surface area contributed by atoms with E-state index < -0.39 is 0 Å². The van der Waals surface area contributed by atoms with Gasteiger partial charge < -0.3 is 10.6 Å². The highest BCUT2D eigenvalue weighted by Crippen LogP contribution is 2.43. The summed E-state index contributed by atoms with van der Waals surface area (Å²) in [5.41, 5.74) is 5.31. The van der Waals surface area contributed by atoms with Crippen LogP contribution in [-0.2, 0) is 12.8 Å². The second kappa shape index (κ2) is 15.6. The Morgan fingerprint density at radius 3 is 1.39 bits per heavy atom. The predicted octanol–water partition coefficient (Wildman–Crippen LogP) is 8.31. The van der Waals surface area contributed by atoms with E-state index in [0.29, 0.717) is 24.2 Å². The molecular weight excluding hydrogens is 609 g/mol. The van der Waals surface area contributed by atoms with Crippen LogP contribution in [0.2, 0.25) is 0 Å². The van der Waals surface area contributed by atoms with Gasteiger partial charge in [-0.3, -0.25) is 19.6 Å². The summed E-state index contributed by atoms with van der Waals surface area (Å²) >= 11 is 0. The highest BCUT2D eigenvalue weighted by atomic mass is 33.1. The fraction of sp³-hybridized carbons (Fsp3) is 0.158. The number of benzene rings is 4. The van der Waals surface area contributed by atoms with Crippen molar-refractivity contribution in [3.05, 3.63) is 144 Å². The van der Waals surface area contributed by atoms with Crippen molar-refractivity contribution in [2.45, 2.75) is 35.5 Å². The summed E-state index contributed by atoms with van der Waals surface area (Å²) in [5, 5.41) is 7.79. The number of carbonyl (C=O) groups is 2. The summed E-state index contributed by atoms with van der Waals surface area (Å²) in [4.78, 5) is 37.5. The summed E-state index contributed by atoms with van der Waals surface area (Å²) in [6.45, 7) is 1.20. The SMILES string of the molecule is O=C(NCCCc1ccccc1)c1ccc(SSc2ccc(C(=O)NCCCc3ccccc3)c3cccnc23)c2ncccc12. The molecule has 2 N–H and O–H groups in total. The van der Waals surface area contributed by atoms with Gasteiger partial charge in [-0.15, -0.1) is 0 Å². The lowest BCUT2D eigenvalue weighted by atomic mass is 10.1. The first-order valence-corrected chi connectivity index (χ1v) is 17.6. The number of carbonyl (C=O) groups excluding carboxylic acids is 2. The highest BCUT2D eigenvalue weighted by molar-refractivity contribution is 8.76. The molecule has 230 valence electrons. The van der Waals surface area contributed by atoms with E-state index in [-0.39, 0.29) is 11.8 Å². The van der Waals surface area contributed by atoms with Gasteiger partial charge in [0, 0.05) is 57.2 Å². The number of aromatic nitrogens is 2. The summed E-state index contributed by atoms with van der Waals surface area (Å²) in [6.07, 6.45) is 7.08. The maximum atomic E-state index is 13.2. The Morgan fingerprint density at radius 1 is 0.522 bits per heavy atom. The molecule has 0 atom stereocenters. The predicted molar refractivity (Wildman–Crippen MR) is 189 cm³/mol. The van der Waals surface area contributed by atoms with Crippen molar-refractivity contribution < 1.29 is 9.59 Å². The van der Waals surface area contributed by atoms with Crippen molar-refractivity contribution in [1.82, 2.24) is 20.6 Å². The molecule has 2 heterocycles. The first-order valence-electron chi connectivity index (χ1n) is 15.4. The zero-order valence-corrected chi connectivity index (χ0v) is 27.0. The second-order valence-corrected chi connectivity index (χ2v) is 13.1. The normalized spacial score (nSPS) is 11.0. The Balaban J connectivity index is 1.11. The topological polar surface area (TPSA) is 84.0 Å². The molecule has 6 rings (SSSR count). The first-order chi connectivity index (χ1) is 22.7. The number of nitrogens with one attached hydrogen (secondary N) is 2. The minimum absolute atomic E-state index is 0.0978. The van der Waals surface area contributed by atoms with Crippen LogP contribution < -0.4 is 10.6 Å². The quantitative estimate of drug-likeness (QED) is 0.0974. The first kappa shape index (κ1) is 31.3. The number of hydrogen-bond donors (Lipinski definition) is 2. The minimum atomic E-state index is -0.0978. The third kappa shape index (κ3) is 7.76. The van der Waals surface area contributed by atoms with Crippen LogP contribution in [0.15, 0.2) is 131 Å². The van der Waals surface area contributed by atoms with Gasteiger partial charge in [-0.05, 0) is 73.2 Å². The summed E-state index contributed by atoms with van der Waals surface area (Å²) in [6, 6.07) is 35.9. The number of aryl methyl sites for hydroxylation is 2. The zero-order chi connectivity index (χ0) is 31.6. The van der Waals surface area contributed by atoms with Gasteiger partial charge in [-0.25, -0.2) is 0 Å². The fourth-order valence-electron chi connectivity index (χ4n) is 5.38. The Kier molecular flexibility index (Phi) is 10.6. The Hall–Kier alpha value is -4.66. The molecule has 0 bridgehead atoms. The highest BCUT2D eigenvalue weighted by Gasteiger charge is 2.17. The third-order valence-electron chi connectivity index (χ3n) is 7.72. The van der Waals surface area contributed by atoms with Gasteiger partial charge >= 0.3 is 0 Å². The summed E-state index contributed by atoms with van der Waals surface area (Å²) in [5.74, 6) is -0.196. The molecule has 0 radical (unpaired) electrons. The van der Waals surface area contributed by atoms with E-state index in [2.05, 4.69) is 44.9 Å². The Labute approximate surface area is 276 Å². The van der Waals surface area contributed by atoms with Crippen molar-refractivity contribution >= 4 is 55.2 Å². The monoisotopic (exact) mass is 642 g/mol. The summed E-state index contributed by atoms with van der Waals surface area (Å²) < 4.78 is 0. The number of pyridine rings is 2. The molecule has 0 spiro atoms. The maximum Gasteiger partial charge on any atom is 0.251 e. The number of amides is 2. The van der Waals surface area contributed by atoms with Crippen LogP contribution in [0.3, 0.4) is 0 Å². The molecule has 0 unspecified atom stereocenters. The molecule has 0 saturated heterocycles. The van der Waals surface area contributed by atoms with Crippen molar-refractivity contribution in [2.24, 2.45) is 0 Å². The van der Waals surface area contributed by atoms with Crippen molar-refractivity contribution in [3.63, 3.8) is 0 Å². The standard InChI is InChI=1S/C38H34N4O2S2/c43-37(41-25-7-15-27-11-3-1-4-12-27)31-19-21-33(35-29(31)17-9-23-39-35)45-46-34-22-20-32(30-18-10-24-40-36(30)34)38(44)42-26-8-16-28-13-5-2-6-14-28/h1-6,9-14,17-24H,7-8,15-16,25-26H2,(H,41,43)(H,42,44). The van der Waals surface area contributed by atoms with Gasteiger partial charge in [-0.1, -0.05) is 94.4 Å². The van der Waals surface area contributed by atoms with Crippen molar-refractivity contribution in [3.8, 4) is 0 Å². The molecule has 0 aliphatic heterocycles. The molecule has 6 aromatic rings. The van der Waals surface area contributed by atoms with Crippen molar-refractivity contribution in [1.29, 1.82) is 0 Å². The van der Waals surface area contributed by atoms with Gasteiger partial charge in [0.05, 0.1) is 11.0 Å². The average molecular weight is 643 g/mol. The molecular formula is C38H34N4O2S2. The maximum absolute atomic E-state index is 13.2. The van der Waals surface area contributed by atoms with Crippen molar-refractivity contribution in [2.75, 3.05) is 13.1 Å². The summed E-state index contributed by atoms with van der Waals surface area (Å²) in [7, 11) is 3.14. The number of fused-ring (bicyclic) bond motifs is 2. The molecule has 0 aliphatic carbocycles. The fourth-order valence-corrected chi connectivity index (χ4v) is 7.64. The number of rotatable bonds is 13. The van der Waals surface area contributed by atoms with Crippen LogP contribution >= 0.6 is 21.6 Å². The molecule has 8 heteroatoms. The Morgan fingerprint density at radius 2 is 0.957 bits per heavy atom. The smallest absolute Gasteiger partial charge is 0.251 e. The molecule has 2 amide bonds. The lowest BCUT2D eigenvalue weighted by Crippen LogP contribution is -2.25. The molecule has 0 aliphatic rings. The van der Waals surface area contributed by atoms with Crippen LogP contribution in [0.4, 0.5) is 0 Å². The van der Waals surface area contributed by atoms with Gasteiger partial charge in [0.1, 0.15) is 0 Å². The Bertz CT molecular complexity index is 1810. The van der Waals surface area contributed by atoms with Crippen LogP contribution in [0, 0.1) is 0 Å². The van der Waals surface area contributed by atoms with E-state index >= 15 is 0 Å². The number of nitrogens with zero attached hydrogens (tertiary/aromatic N) is 2. The molecule has 2 aromatic heterocycles.